The number of esters is 1. The Balaban J connectivity index is 0.000000349. The molecule has 16 heteroatoms. The van der Waals surface area contributed by atoms with Crippen LogP contribution in [0.4, 0.5) is 11.6 Å². The summed E-state index contributed by atoms with van der Waals surface area (Å²) in [6.07, 6.45) is -0.507. The number of hydrogen-bond donors (Lipinski definition) is 6. The molecule has 3 heterocycles. The minimum absolute atomic E-state index is 0.168. The fourth-order valence-corrected chi connectivity index (χ4v) is 3.47. The van der Waals surface area contributed by atoms with Crippen LogP contribution in [0.2, 0.25) is 0 Å². The lowest BCUT2D eigenvalue weighted by atomic mass is 9.96. The number of rotatable bonds is 11. The van der Waals surface area contributed by atoms with E-state index in [2.05, 4.69) is 30.3 Å². The van der Waals surface area contributed by atoms with Crippen LogP contribution in [-0.2, 0) is 23.9 Å². The number of carboxylic acid groups (broad SMARTS) is 3. The average molecular weight is 551 g/mol. The average Bonchev–Trinajstić information content (AvgIpc) is 3.33. The number of hydrogen-bond acceptors (Lipinski definition) is 11. The maximum absolute atomic E-state index is 12.2. The smallest absolute Gasteiger partial charge is 0.356 e. The third-order valence-corrected chi connectivity index (χ3v) is 5.34. The molecule has 16 nitrogen and oxygen atoms in total. The second-order valence-electron chi connectivity index (χ2n) is 8.36. The number of nitrogens with zero attached hydrogens (tertiary/aromatic N) is 4. The molecule has 212 valence electrons. The van der Waals surface area contributed by atoms with Gasteiger partial charge in [-0.15, -0.1) is 0 Å². The number of pyridine rings is 1. The van der Waals surface area contributed by atoms with Crippen molar-refractivity contribution < 1.29 is 49.1 Å². The van der Waals surface area contributed by atoms with Crippen molar-refractivity contribution in [2.24, 2.45) is 0 Å². The van der Waals surface area contributed by atoms with Gasteiger partial charge in [-0.2, -0.15) is 5.10 Å². The summed E-state index contributed by atoms with van der Waals surface area (Å²) < 4.78 is 4.87. The Kier molecular flexibility index (Phi) is 11.3. The van der Waals surface area contributed by atoms with Gasteiger partial charge in [0.1, 0.15) is 11.5 Å². The van der Waals surface area contributed by atoms with Gasteiger partial charge in [0, 0.05) is 38.4 Å². The zero-order valence-electron chi connectivity index (χ0n) is 21.1. The molecule has 0 atom stereocenters. The lowest BCUT2D eigenvalue weighted by Gasteiger charge is -2.34. The van der Waals surface area contributed by atoms with Crippen LogP contribution in [0.15, 0.2) is 30.5 Å². The van der Waals surface area contributed by atoms with E-state index in [9.17, 15) is 24.0 Å². The summed E-state index contributed by atoms with van der Waals surface area (Å²) in [5.41, 5.74) is -2.52. The number of H-pyrrole nitrogens is 1. The zero-order valence-corrected chi connectivity index (χ0v) is 21.1. The van der Waals surface area contributed by atoms with Crippen LogP contribution in [-0.4, -0.2) is 115 Å². The van der Waals surface area contributed by atoms with Gasteiger partial charge in [-0.25, -0.2) is 14.6 Å². The molecule has 3 rings (SSSR count). The van der Waals surface area contributed by atoms with E-state index in [1.165, 1.54) is 6.07 Å². The number of aromatic nitrogens is 3. The van der Waals surface area contributed by atoms with Crippen LogP contribution in [0, 0.1) is 0 Å². The minimum Gasteiger partial charge on any atom is -0.481 e. The first kappa shape index (κ1) is 30.7. The van der Waals surface area contributed by atoms with Crippen molar-refractivity contribution in [3.63, 3.8) is 0 Å². The quantitative estimate of drug-likeness (QED) is 0.193. The van der Waals surface area contributed by atoms with E-state index < -0.39 is 42.3 Å². The lowest BCUT2D eigenvalue weighted by molar-refractivity contribution is -0.170. The predicted octanol–water partition coefficient (Wildman–Crippen LogP) is -0.506. The molecule has 0 bridgehead atoms. The topological polar surface area (TPSA) is 236 Å². The van der Waals surface area contributed by atoms with Crippen LogP contribution >= 0.6 is 0 Å². The van der Waals surface area contributed by atoms with E-state index in [1.54, 1.807) is 13.1 Å². The number of amides is 1. The maximum atomic E-state index is 12.2. The van der Waals surface area contributed by atoms with Crippen molar-refractivity contribution in [3.8, 4) is 0 Å². The minimum atomic E-state index is -2.74. The van der Waals surface area contributed by atoms with E-state index in [0.29, 0.717) is 5.82 Å². The Morgan fingerprint density at radius 2 is 1.69 bits per heavy atom. The van der Waals surface area contributed by atoms with Crippen LogP contribution < -0.4 is 10.2 Å². The van der Waals surface area contributed by atoms with E-state index in [-0.39, 0.29) is 24.8 Å². The molecule has 39 heavy (non-hydrogen) atoms. The van der Waals surface area contributed by atoms with Gasteiger partial charge < -0.3 is 35.4 Å². The second kappa shape index (κ2) is 14.4. The summed E-state index contributed by atoms with van der Waals surface area (Å²) in [4.78, 5) is 62.9. The Hall–Kier alpha value is -4.57. The monoisotopic (exact) mass is 550 g/mol. The molecule has 0 spiro atoms. The summed E-state index contributed by atoms with van der Waals surface area (Å²) in [5.74, 6) is -4.41. The van der Waals surface area contributed by atoms with Crippen molar-refractivity contribution in [2.45, 2.75) is 25.4 Å². The highest BCUT2D eigenvalue weighted by molar-refractivity contribution is 5.93. The molecule has 2 aromatic heterocycles. The van der Waals surface area contributed by atoms with Gasteiger partial charge in [0.25, 0.3) is 0 Å². The molecular weight excluding hydrogens is 520 g/mol. The molecule has 1 fully saturated rings. The third-order valence-electron chi connectivity index (χ3n) is 5.34. The first-order valence-corrected chi connectivity index (χ1v) is 11.7. The standard InChI is InChI=1S/C17H22N6O3.C6H8O7/c1-2-26-17(25)13-11-14(21-20-13)19-16(24)12-22-7-9-23(10-8-22)15-5-3-4-6-18-15;7-3(8)1-6(13,5(11)12)2-4(9)10/h3-6,11H,2,7-10,12H2,1H3,(H2,19,20,21,24);13H,1-2H2,(H,7,8)(H,9,10)(H,11,12). The van der Waals surface area contributed by atoms with Gasteiger partial charge in [0.05, 0.1) is 26.0 Å². The number of nitrogens with one attached hydrogen (secondary N) is 2. The van der Waals surface area contributed by atoms with Crippen LogP contribution in [0.3, 0.4) is 0 Å². The SMILES string of the molecule is CCOC(=O)c1cc(NC(=O)CN2CCN(c3ccccn3)CC2)n[nH]1.O=C(O)CC(O)(CC(=O)O)C(=O)O. The van der Waals surface area contributed by atoms with Crippen molar-refractivity contribution in [1.29, 1.82) is 0 Å². The molecular formula is C23H30N6O10. The summed E-state index contributed by atoms with van der Waals surface area (Å²) in [6, 6.07) is 7.32. The second-order valence-corrected chi connectivity index (χ2v) is 8.36. The summed E-state index contributed by atoms with van der Waals surface area (Å²) in [7, 11) is 0. The number of aromatic amines is 1. The fraction of sp³-hybridized carbons (Fsp3) is 0.435. The van der Waals surface area contributed by atoms with Gasteiger partial charge in [0.15, 0.2) is 11.4 Å². The lowest BCUT2D eigenvalue weighted by Crippen LogP contribution is -2.48. The largest absolute Gasteiger partial charge is 0.481 e. The zero-order chi connectivity index (χ0) is 29.0. The van der Waals surface area contributed by atoms with E-state index in [1.807, 2.05) is 18.2 Å². The number of anilines is 2. The number of ether oxygens (including phenoxy) is 1. The van der Waals surface area contributed by atoms with Crippen LogP contribution in [0.25, 0.3) is 0 Å². The molecule has 0 unspecified atom stereocenters. The predicted molar refractivity (Wildman–Crippen MR) is 133 cm³/mol. The van der Waals surface area contributed by atoms with Crippen molar-refractivity contribution in [1.82, 2.24) is 20.1 Å². The number of carbonyl (C=O) groups excluding carboxylic acids is 2. The highest BCUT2D eigenvalue weighted by atomic mass is 16.5. The maximum Gasteiger partial charge on any atom is 0.356 e. The molecule has 2 aromatic rings. The van der Waals surface area contributed by atoms with Crippen LogP contribution in [0.1, 0.15) is 30.3 Å². The third kappa shape index (κ3) is 10.0. The Morgan fingerprint density at radius 1 is 1.05 bits per heavy atom. The first-order chi connectivity index (χ1) is 18.4. The van der Waals surface area contributed by atoms with Gasteiger partial charge in [-0.3, -0.25) is 24.4 Å². The number of piperazine rings is 1. The normalized spacial score (nSPS) is 13.5. The molecule has 6 N–H and O–H groups in total. The van der Waals surface area contributed by atoms with Gasteiger partial charge in [-0.1, -0.05) is 6.07 Å². The van der Waals surface area contributed by atoms with Crippen molar-refractivity contribution >= 4 is 41.4 Å². The number of carbonyl (C=O) groups is 5. The van der Waals surface area contributed by atoms with Gasteiger partial charge >= 0.3 is 23.9 Å². The van der Waals surface area contributed by atoms with E-state index in [4.69, 9.17) is 25.2 Å². The Morgan fingerprint density at radius 3 is 2.21 bits per heavy atom. The highest BCUT2D eigenvalue weighted by Gasteiger charge is 2.40. The fourth-order valence-electron chi connectivity index (χ4n) is 3.47. The summed E-state index contributed by atoms with van der Waals surface area (Å²) in [5, 5.41) is 43.0. The molecule has 0 saturated carbocycles. The first-order valence-electron chi connectivity index (χ1n) is 11.7. The Bertz CT molecular complexity index is 1130. The molecule has 1 aliphatic heterocycles. The molecule has 0 radical (unpaired) electrons. The summed E-state index contributed by atoms with van der Waals surface area (Å²) in [6.45, 7) is 5.48. The van der Waals surface area contributed by atoms with E-state index in [0.717, 1.165) is 32.0 Å². The highest BCUT2D eigenvalue weighted by Crippen LogP contribution is 2.16. The van der Waals surface area contributed by atoms with Crippen molar-refractivity contribution in [2.75, 3.05) is 49.5 Å². The van der Waals surface area contributed by atoms with Crippen molar-refractivity contribution in [3.05, 3.63) is 36.2 Å². The number of carboxylic acids is 3. The summed E-state index contributed by atoms with van der Waals surface area (Å²) >= 11 is 0. The molecule has 1 saturated heterocycles. The van der Waals surface area contributed by atoms with Gasteiger partial charge in [-0.05, 0) is 19.1 Å². The van der Waals surface area contributed by atoms with Crippen LogP contribution in [0.5, 0.6) is 0 Å². The molecule has 1 aliphatic rings. The van der Waals surface area contributed by atoms with E-state index >= 15 is 0 Å². The van der Waals surface area contributed by atoms with Gasteiger partial charge in [0.2, 0.25) is 5.91 Å². The molecule has 0 aliphatic carbocycles. The Labute approximate surface area is 222 Å². The number of aliphatic carboxylic acids is 3. The molecule has 0 aromatic carbocycles. The number of aliphatic hydroxyl groups is 1. The molecule has 1 amide bonds.